The summed E-state index contributed by atoms with van der Waals surface area (Å²) in [5, 5.41) is 7.95. The lowest BCUT2D eigenvalue weighted by atomic mass is 10.3. The molecular weight excluding hydrogens is 366 g/mol. The molecule has 1 aliphatic rings. The maximum Gasteiger partial charge on any atom is 0.587 e. The molecule has 0 unspecified atom stereocenters. The number of hydrogen-bond donors (Lipinski definition) is 0. The van der Waals surface area contributed by atoms with E-state index in [1.54, 1.807) is 29.4 Å². The first kappa shape index (κ1) is 15.3. The number of fused-ring (bicyclic) bond motifs is 2. The Balaban J connectivity index is 1.58. The van der Waals surface area contributed by atoms with Crippen LogP contribution < -0.4 is 15.1 Å². The van der Waals surface area contributed by atoms with Crippen molar-refractivity contribution in [3.63, 3.8) is 0 Å². The maximum atomic E-state index is 13.2. The molecule has 0 atom stereocenters. The number of aromatic nitrogens is 6. The molecule has 27 heavy (non-hydrogen) atoms. The van der Waals surface area contributed by atoms with Gasteiger partial charge in [0.25, 0.3) is 11.8 Å². The van der Waals surface area contributed by atoms with Crippen LogP contribution in [0.5, 0.6) is 11.6 Å². The first-order valence-electron chi connectivity index (χ1n) is 7.43. The van der Waals surface area contributed by atoms with Gasteiger partial charge in [-0.1, -0.05) is 0 Å². The minimum absolute atomic E-state index is 0.0122. The number of rotatable bonds is 2. The van der Waals surface area contributed by atoms with Gasteiger partial charge >= 0.3 is 11.9 Å². The van der Waals surface area contributed by atoms with E-state index < -0.39 is 17.8 Å². The van der Waals surface area contributed by atoms with Crippen LogP contribution in [0.15, 0.2) is 46.1 Å². The zero-order valence-corrected chi connectivity index (χ0v) is 13.0. The van der Waals surface area contributed by atoms with Crippen molar-refractivity contribution in [2.24, 2.45) is 0 Å². The van der Waals surface area contributed by atoms with Crippen molar-refractivity contribution >= 4 is 11.0 Å². The number of pyridine rings is 1. The van der Waals surface area contributed by atoms with E-state index in [4.69, 9.17) is 4.42 Å². The number of hydrogen-bond acceptors (Lipinski definition) is 9. The normalized spacial score (nSPS) is 14.6. The van der Waals surface area contributed by atoms with Gasteiger partial charge in [0, 0.05) is 18.5 Å². The van der Waals surface area contributed by atoms with E-state index in [1.165, 1.54) is 6.07 Å². The van der Waals surface area contributed by atoms with Crippen LogP contribution in [-0.2, 0) is 0 Å². The predicted octanol–water partition coefficient (Wildman–Crippen LogP) is 1.55. The molecule has 1 aliphatic heterocycles. The first-order valence-corrected chi connectivity index (χ1v) is 7.43. The second-order valence-electron chi connectivity index (χ2n) is 5.38. The van der Waals surface area contributed by atoms with Crippen molar-refractivity contribution < 1.29 is 22.7 Å². The monoisotopic (exact) mass is 372 g/mol. The summed E-state index contributed by atoms with van der Waals surface area (Å²) in [6.45, 7) is 0. The third kappa shape index (κ3) is 2.54. The highest BCUT2D eigenvalue weighted by atomic mass is 19.3. The number of nitrogens with zero attached hydrogens (tertiary/aromatic N) is 6. The van der Waals surface area contributed by atoms with Gasteiger partial charge < -0.3 is 13.9 Å². The Labute approximate surface area is 147 Å². The van der Waals surface area contributed by atoms with Gasteiger partial charge in [0.2, 0.25) is 0 Å². The van der Waals surface area contributed by atoms with Gasteiger partial charge in [-0.25, -0.2) is 19.7 Å². The Kier molecular flexibility index (Phi) is 2.99. The lowest BCUT2D eigenvalue weighted by Crippen LogP contribution is -2.26. The molecule has 0 saturated carbocycles. The molecule has 0 spiro atoms. The van der Waals surface area contributed by atoms with Gasteiger partial charge in [0.15, 0.2) is 17.1 Å². The van der Waals surface area contributed by atoms with Crippen LogP contribution in [-0.4, -0.2) is 36.0 Å². The third-order valence-electron chi connectivity index (χ3n) is 3.62. The Hall–Kier alpha value is -3.96. The highest BCUT2D eigenvalue weighted by Gasteiger charge is 2.45. The third-order valence-corrected chi connectivity index (χ3v) is 3.62. The summed E-state index contributed by atoms with van der Waals surface area (Å²) in [5.74, 6) is -0.506. The summed E-state index contributed by atoms with van der Waals surface area (Å²) in [4.78, 5) is 23.9. The minimum Gasteiger partial charge on any atom is -0.400 e. The van der Waals surface area contributed by atoms with Gasteiger partial charge in [-0.2, -0.15) is 0 Å². The highest BCUT2D eigenvalue weighted by molar-refractivity contribution is 5.77. The second kappa shape index (κ2) is 5.27. The van der Waals surface area contributed by atoms with Gasteiger partial charge in [-0.3, -0.25) is 4.57 Å². The first-order chi connectivity index (χ1) is 13.0. The topological polar surface area (TPSA) is 118 Å². The van der Waals surface area contributed by atoms with Crippen molar-refractivity contribution in [1.29, 1.82) is 0 Å². The SMILES string of the molecule is O=c1oc(-c2ccc(-n3ccnc3)nn2)nc2cc3c(nc12)OC(F)(F)O3. The van der Waals surface area contributed by atoms with Crippen molar-refractivity contribution in [3.05, 3.63) is 47.3 Å². The molecule has 0 aromatic carbocycles. The van der Waals surface area contributed by atoms with Crippen LogP contribution >= 0.6 is 0 Å². The summed E-state index contributed by atoms with van der Waals surface area (Å²) in [7, 11) is 0. The number of halogens is 2. The Bertz CT molecular complexity index is 1220. The summed E-state index contributed by atoms with van der Waals surface area (Å²) >= 11 is 0. The zero-order valence-electron chi connectivity index (χ0n) is 13.0. The summed E-state index contributed by atoms with van der Waals surface area (Å²) in [5.41, 5.74) is -1.01. The fraction of sp³-hybridized carbons (Fsp3) is 0.0667. The van der Waals surface area contributed by atoms with E-state index in [9.17, 15) is 13.6 Å². The number of imidazole rings is 1. The molecule has 0 radical (unpaired) electrons. The second-order valence-corrected chi connectivity index (χ2v) is 5.38. The van der Waals surface area contributed by atoms with Gasteiger partial charge in [0.05, 0.1) is 0 Å². The maximum absolute atomic E-state index is 13.2. The molecule has 12 heteroatoms. The average Bonchev–Trinajstić information content (AvgIpc) is 3.26. The van der Waals surface area contributed by atoms with E-state index >= 15 is 0 Å². The Morgan fingerprint density at radius 1 is 1.11 bits per heavy atom. The van der Waals surface area contributed by atoms with Crippen LogP contribution in [0, 0.1) is 0 Å². The number of ether oxygens (including phenoxy) is 2. The molecule has 0 fully saturated rings. The molecule has 0 aliphatic carbocycles. The summed E-state index contributed by atoms with van der Waals surface area (Å²) in [6, 6.07) is 4.27. The van der Waals surface area contributed by atoms with Crippen LogP contribution in [0.25, 0.3) is 28.4 Å². The van der Waals surface area contributed by atoms with Gasteiger partial charge in [-0.15, -0.1) is 19.0 Å². The van der Waals surface area contributed by atoms with E-state index in [2.05, 4.69) is 34.6 Å². The predicted molar refractivity (Wildman–Crippen MR) is 82.4 cm³/mol. The fourth-order valence-corrected chi connectivity index (χ4v) is 2.46. The molecule has 10 nitrogen and oxygen atoms in total. The van der Waals surface area contributed by atoms with Crippen LogP contribution in [0.3, 0.4) is 0 Å². The van der Waals surface area contributed by atoms with E-state index in [0.29, 0.717) is 5.82 Å². The molecule has 0 bridgehead atoms. The van der Waals surface area contributed by atoms with Gasteiger partial charge in [0.1, 0.15) is 17.5 Å². The molecule has 5 rings (SSSR count). The average molecular weight is 372 g/mol. The fourth-order valence-electron chi connectivity index (χ4n) is 2.46. The molecule has 0 saturated heterocycles. The smallest absolute Gasteiger partial charge is 0.400 e. The molecular formula is C15H6F2N6O4. The van der Waals surface area contributed by atoms with Gasteiger partial charge in [-0.05, 0) is 12.1 Å². The zero-order chi connectivity index (χ0) is 18.6. The Morgan fingerprint density at radius 2 is 2.00 bits per heavy atom. The highest BCUT2D eigenvalue weighted by Crippen LogP contribution is 2.40. The summed E-state index contributed by atoms with van der Waals surface area (Å²) in [6.07, 6.45) is 0.953. The van der Waals surface area contributed by atoms with Crippen molar-refractivity contribution in [2.45, 2.75) is 6.29 Å². The van der Waals surface area contributed by atoms with E-state index in [1.807, 2.05) is 0 Å². The van der Waals surface area contributed by atoms with Crippen LogP contribution in [0.1, 0.15) is 0 Å². The largest absolute Gasteiger partial charge is 0.587 e. The lowest BCUT2D eigenvalue weighted by Gasteiger charge is -2.03. The molecule has 4 aromatic rings. The quantitative estimate of drug-likeness (QED) is 0.516. The van der Waals surface area contributed by atoms with Crippen LogP contribution in [0.2, 0.25) is 0 Å². The lowest BCUT2D eigenvalue weighted by molar-refractivity contribution is -0.287. The minimum atomic E-state index is -3.86. The molecule has 0 N–H and O–H groups in total. The molecule has 5 heterocycles. The molecule has 0 amide bonds. The Morgan fingerprint density at radius 3 is 2.74 bits per heavy atom. The van der Waals surface area contributed by atoms with E-state index in [-0.39, 0.29) is 28.4 Å². The summed E-state index contributed by atoms with van der Waals surface area (Å²) < 4.78 is 41.6. The van der Waals surface area contributed by atoms with E-state index in [0.717, 1.165) is 6.07 Å². The molecule has 4 aromatic heterocycles. The van der Waals surface area contributed by atoms with Crippen molar-refractivity contribution in [3.8, 4) is 29.0 Å². The standard InChI is InChI=1S/C15H6F2N6O4/c16-15(17)26-9-5-8-11(20-13(9)27-15)14(24)25-12(19-8)7-1-2-10(22-21-7)23-4-3-18-6-23/h1-6H. The molecule has 134 valence electrons. The van der Waals surface area contributed by atoms with Crippen molar-refractivity contribution in [1.82, 2.24) is 29.7 Å². The van der Waals surface area contributed by atoms with Crippen molar-refractivity contribution in [2.75, 3.05) is 0 Å². The van der Waals surface area contributed by atoms with Crippen LogP contribution in [0.4, 0.5) is 8.78 Å². The number of alkyl halides is 2.